The van der Waals surface area contributed by atoms with Crippen LogP contribution in [-0.4, -0.2) is 4.98 Å². The van der Waals surface area contributed by atoms with Gasteiger partial charge in [-0.2, -0.15) is 0 Å². The number of thiazole rings is 1. The Hall–Kier alpha value is -1.13. The van der Waals surface area contributed by atoms with Gasteiger partial charge in [0.25, 0.3) is 0 Å². The van der Waals surface area contributed by atoms with Crippen molar-refractivity contribution in [2.45, 2.75) is 20.4 Å². The van der Waals surface area contributed by atoms with Gasteiger partial charge >= 0.3 is 0 Å². The highest BCUT2D eigenvalue weighted by atomic mass is 35.5. The van der Waals surface area contributed by atoms with E-state index in [1.807, 2.05) is 13.8 Å². The van der Waals surface area contributed by atoms with Gasteiger partial charge in [-0.15, -0.1) is 11.3 Å². The van der Waals surface area contributed by atoms with E-state index in [2.05, 4.69) is 10.3 Å². The molecule has 0 saturated carbocycles. The molecule has 0 atom stereocenters. The van der Waals surface area contributed by atoms with Crippen molar-refractivity contribution in [3.63, 3.8) is 0 Å². The molecule has 90 valence electrons. The van der Waals surface area contributed by atoms with Gasteiger partial charge in [0.05, 0.1) is 28.0 Å². The van der Waals surface area contributed by atoms with Gasteiger partial charge in [0.15, 0.2) is 0 Å². The minimum atomic E-state index is -0.337. The highest BCUT2D eigenvalue weighted by Crippen LogP contribution is 2.26. The molecule has 0 unspecified atom stereocenters. The zero-order valence-corrected chi connectivity index (χ0v) is 11.1. The molecule has 1 N–H and O–H groups in total. The predicted octanol–water partition coefficient (Wildman–Crippen LogP) is 4.16. The number of aromatic nitrogens is 1. The normalized spacial score (nSPS) is 10.6. The lowest BCUT2D eigenvalue weighted by Crippen LogP contribution is -2.01. The Morgan fingerprint density at radius 1 is 1.41 bits per heavy atom. The Labute approximate surface area is 108 Å². The number of para-hydroxylation sites is 1. The lowest BCUT2D eigenvalue weighted by Gasteiger charge is -2.08. The van der Waals surface area contributed by atoms with Gasteiger partial charge in [0.1, 0.15) is 5.82 Å². The largest absolute Gasteiger partial charge is 0.376 e. The summed E-state index contributed by atoms with van der Waals surface area (Å²) in [5.41, 5.74) is 1.33. The van der Waals surface area contributed by atoms with Gasteiger partial charge in [0, 0.05) is 4.88 Å². The number of aryl methyl sites for hydroxylation is 2. The molecular weight excluding hydrogens is 259 g/mol. The maximum Gasteiger partial charge on any atom is 0.147 e. The molecule has 1 aromatic heterocycles. The Bertz CT molecular complexity index is 519. The average Bonchev–Trinajstić information content (AvgIpc) is 2.57. The van der Waals surface area contributed by atoms with Crippen molar-refractivity contribution in [3.8, 4) is 0 Å². The van der Waals surface area contributed by atoms with E-state index in [4.69, 9.17) is 11.6 Å². The van der Waals surface area contributed by atoms with Crippen LogP contribution in [-0.2, 0) is 6.54 Å². The van der Waals surface area contributed by atoms with Crippen molar-refractivity contribution >= 4 is 28.6 Å². The lowest BCUT2D eigenvalue weighted by atomic mass is 10.3. The Balaban J connectivity index is 2.15. The first-order valence-corrected chi connectivity index (χ1v) is 6.38. The number of hydrogen-bond acceptors (Lipinski definition) is 3. The third-order valence-electron chi connectivity index (χ3n) is 2.39. The fourth-order valence-corrected chi connectivity index (χ4v) is 2.68. The van der Waals surface area contributed by atoms with Gasteiger partial charge in [-0.25, -0.2) is 9.37 Å². The third-order valence-corrected chi connectivity index (χ3v) is 3.78. The van der Waals surface area contributed by atoms with Gasteiger partial charge in [-0.3, -0.25) is 0 Å². The first kappa shape index (κ1) is 12.3. The zero-order valence-electron chi connectivity index (χ0n) is 9.55. The highest BCUT2D eigenvalue weighted by Gasteiger charge is 2.09. The Morgan fingerprint density at radius 2 is 2.18 bits per heavy atom. The summed E-state index contributed by atoms with van der Waals surface area (Å²) >= 11 is 7.53. The fourth-order valence-electron chi connectivity index (χ4n) is 1.57. The second kappa shape index (κ2) is 5.02. The van der Waals surface area contributed by atoms with Crippen molar-refractivity contribution in [1.29, 1.82) is 0 Å². The van der Waals surface area contributed by atoms with Crippen molar-refractivity contribution < 1.29 is 4.39 Å². The quantitative estimate of drug-likeness (QED) is 0.906. The molecule has 5 heteroatoms. The maximum atomic E-state index is 13.5. The Kier molecular flexibility index (Phi) is 3.64. The van der Waals surface area contributed by atoms with Crippen LogP contribution in [0.2, 0.25) is 5.02 Å². The summed E-state index contributed by atoms with van der Waals surface area (Å²) in [5, 5.41) is 4.42. The molecule has 2 aromatic rings. The van der Waals surface area contributed by atoms with Crippen LogP contribution < -0.4 is 5.32 Å². The molecule has 0 aliphatic carbocycles. The van der Waals surface area contributed by atoms with Gasteiger partial charge in [0.2, 0.25) is 0 Å². The summed E-state index contributed by atoms with van der Waals surface area (Å²) in [6.45, 7) is 4.44. The van der Waals surface area contributed by atoms with Crippen LogP contribution in [0.1, 0.15) is 15.6 Å². The standard InChI is InChI=1S/C12H12ClFN2S/c1-7-11(17-8(2)16-7)6-15-12-9(13)4-3-5-10(12)14/h3-5,15H,6H2,1-2H3. The minimum Gasteiger partial charge on any atom is -0.376 e. The van der Waals surface area contributed by atoms with Crippen molar-refractivity contribution in [3.05, 3.63) is 44.6 Å². The van der Waals surface area contributed by atoms with E-state index in [9.17, 15) is 4.39 Å². The number of anilines is 1. The van der Waals surface area contributed by atoms with Crippen LogP contribution in [0, 0.1) is 19.7 Å². The van der Waals surface area contributed by atoms with E-state index in [1.54, 1.807) is 23.5 Å². The van der Waals surface area contributed by atoms with Gasteiger partial charge in [-0.05, 0) is 26.0 Å². The highest BCUT2D eigenvalue weighted by molar-refractivity contribution is 7.11. The summed E-state index contributed by atoms with van der Waals surface area (Å²) in [7, 11) is 0. The van der Waals surface area contributed by atoms with Crippen LogP contribution in [0.5, 0.6) is 0 Å². The molecule has 1 aromatic carbocycles. The summed E-state index contributed by atoms with van der Waals surface area (Å²) in [6, 6.07) is 4.64. The third kappa shape index (κ3) is 2.76. The van der Waals surface area contributed by atoms with E-state index in [1.165, 1.54) is 6.07 Å². The molecule has 0 radical (unpaired) electrons. The first-order chi connectivity index (χ1) is 8.08. The molecule has 2 rings (SSSR count). The molecule has 17 heavy (non-hydrogen) atoms. The number of rotatable bonds is 3. The smallest absolute Gasteiger partial charge is 0.147 e. The number of halogens is 2. The van der Waals surface area contributed by atoms with Gasteiger partial charge in [-0.1, -0.05) is 17.7 Å². The summed E-state index contributed by atoms with van der Waals surface area (Å²) < 4.78 is 13.5. The zero-order chi connectivity index (χ0) is 12.4. The van der Waals surface area contributed by atoms with Crippen molar-refractivity contribution in [2.24, 2.45) is 0 Å². The predicted molar refractivity (Wildman–Crippen MR) is 70.3 cm³/mol. The molecule has 0 saturated heterocycles. The molecule has 0 bridgehead atoms. The molecule has 0 fully saturated rings. The van der Waals surface area contributed by atoms with E-state index < -0.39 is 0 Å². The topological polar surface area (TPSA) is 24.9 Å². The van der Waals surface area contributed by atoms with E-state index in [-0.39, 0.29) is 5.82 Å². The fraction of sp³-hybridized carbons (Fsp3) is 0.250. The monoisotopic (exact) mass is 270 g/mol. The molecule has 1 heterocycles. The SMILES string of the molecule is Cc1nc(C)c(CNc2c(F)cccc2Cl)s1. The van der Waals surface area contributed by atoms with Gasteiger partial charge < -0.3 is 5.32 Å². The molecule has 0 amide bonds. The van der Waals surface area contributed by atoms with Crippen LogP contribution in [0.4, 0.5) is 10.1 Å². The van der Waals surface area contributed by atoms with Crippen LogP contribution in [0.25, 0.3) is 0 Å². The molecule has 0 spiro atoms. The first-order valence-electron chi connectivity index (χ1n) is 5.18. The average molecular weight is 271 g/mol. The van der Waals surface area contributed by atoms with Crippen molar-refractivity contribution in [1.82, 2.24) is 4.98 Å². The van der Waals surface area contributed by atoms with E-state index >= 15 is 0 Å². The molecular formula is C12H12ClFN2S. The summed E-state index contributed by atoms with van der Waals surface area (Å²) in [6.07, 6.45) is 0. The minimum absolute atomic E-state index is 0.337. The van der Waals surface area contributed by atoms with Crippen LogP contribution in [0.3, 0.4) is 0 Å². The van der Waals surface area contributed by atoms with Crippen LogP contribution >= 0.6 is 22.9 Å². The number of nitrogens with one attached hydrogen (secondary N) is 1. The second-order valence-electron chi connectivity index (χ2n) is 3.69. The molecule has 0 aliphatic heterocycles. The molecule has 0 aliphatic rings. The number of benzene rings is 1. The summed E-state index contributed by atoms with van der Waals surface area (Å²) in [5.74, 6) is -0.337. The maximum absolute atomic E-state index is 13.5. The Morgan fingerprint density at radius 3 is 2.76 bits per heavy atom. The van der Waals surface area contributed by atoms with E-state index in [0.717, 1.165) is 15.6 Å². The number of nitrogens with zero attached hydrogens (tertiary/aromatic N) is 1. The lowest BCUT2D eigenvalue weighted by molar-refractivity contribution is 0.630. The van der Waals surface area contributed by atoms with E-state index in [0.29, 0.717) is 17.3 Å². The second-order valence-corrected chi connectivity index (χ2v) is 5.39. The van der Waals surface area contributed by atoms with Crippen molar-refractivity contribution in [2.75, 3.05) is 5.32 Å². The summed E-state index contributed by atoms with van der Waals surface area (Å²) in [4.78, 5) is 5.42. The molecule has 2 nitrogen and oxygen atoms in total. The number of hydrogen-bond donors (Lipinski definition) is 1. The van der Waals surface area contributed by atoms with Crippen LogP contribution in [0.15, 0.2) is 18.2 Å².